The summed E-state index contributed by atoms with van der Waals surface area (Å²) < 4.78 is 40.9. The number of carbonyl (C=O) groups excluding carboxylic acids is 1. The normalized spacial score (nSPS) is 27.1. The first kappa shape index (κ1) is 27.5. The van der Waals surface area contributed by atoms with E-state index in [1.807, 2.05) is 0 Å². The number of carbonyl (C=O) groups is 1. The molecule has 6 N–H and O–H groups in total. The van der Waals surface area contributed by atoms with Gasteiger partial charge in [-0.15, -0.1) is 0 Å². The van der Waals surface area contributed by atoms with Crippen molar-refractivity contribution >= 4 is 11.7 Å². The molecule has 4 rings (SSSR count). The van der Waals surface area contributed by atoms with Crippen LogP contribution in [-0.2, 0) is 15.7 Å². The molecule has 0 aromatic carbocycles. The maximum absolute atomic E-state index is 12.4. The topological polar surface area (TPSA) is 146 Å². The molecule has 10 nitrogen and oxygen atoms in total. The predicted octanol–water partition coefficient (Wildman–Crippen LogP) is 0.155. The quantitative estimate of drug-likeness (QED) is 0.387. The third-order valence-corrected chi connectivity index (χ3v) is 6.67. The van der Waals surface area contributed by atoms with Crippen LogP contribution in [0.15, 0.2) is 12.4 Å². The fraction of sp³-hybridized carbons (Fsp3) is 0.773. The number of ether oxygens (including phenoxy) is 1. The number of halogens is 3. The van der Waals surface area contributed by atoms with Crippen LogP contribution in [0.5, 0.6) is 0 Å². The highest BCUT2D eigenvalue weighted by Crippen LogP contribution is 2.27. The summed E-state index contributed by atoms with van der Waals surface area (Å²) in [5.74, 6) is -0.135. The molecule has 35 heavy (non-hydrogen) atoms. The number of aromatic nitrogens is 2. The number of nitrogens with one attached hydrogen (secondary N) is 2. The second-order valence-corrected chi connectivity index (χ2v) is 9.12. The first-order chi connectivity index (χ1) is 16.6. The third-order valence-electron chi connectivity index (χ3n) is 6.67. The number of hydrogen-bond acceptors (Lipinski definition) is 9. The smallest absolute Gasteiger partial charge is 0.390 e. The molecule has 0 saturated carbocycles. The molecule has 1 aromatic rings. The van der Waals surface area contributed by atoms with Gasteiger partial charge in [0.2, 0.25) is 5.91 Å². The fourth-order valence-electron chi connectivity index (χ4n) is 4.60. The van der Waals surface area contributed by atoms with E-state index in [1.54, 1.807) is 0 Å². The number of alkyl halides is 3. The van der Waals surface area contributed by atoms with Gasteiger partial charge in [0.15, 0.2) is 5.69 Å². The van der Waals surface area contributed by atoms with Gasteiger partial charge in [0, 0.05) is 25.1 Å². The number of aliphatic hydroxyl groups is 2. The van der Waals surface area contributed by atoms with Gasteiger partial charge in [-0.1, -0.05) is 0 Å². The van der Waals surface area contributed by atoms with Crippen molar-refractivity contribution in [2.24, 2.45) is 5.92 Å². The van der Waals surface area contributed by atoms with Crippen molar-refractivity contribution in [3.63, 3.8) is 0 Å². The minimum Gasteiger partial charge on any atom is -0.390 e. The molecule has 3 aliphatic heterocycles. The lowest BCUT2D eigenvalue weighted by atomic mass is 9.93. The number of nitrogen functional groups attached to an aromatic ring is 1. The van der Waals surface area contributed by atoms with E-state index >= 15 is 0 Å². The van der Waals surface area contributed by atoms with E-state index in [2.05, 4.69) is 25.5 Å². The van der Waals surface area contributed by atoms with Gasteiger partial charge in [-0.2, -0.15) is 13.2 Å². The zero-order chi connectivity index (χ0) is 25.4. The largest absolute Gasteiger partial charge is 0.434 e. The fourth-order valence-corrected chi connectivity index (χ4v) is 4.60. The first-order valence-corrected chi connectivity index (χ1v) is 12.0. The summed E-state index contributed by atoms with van der Waals surface area (Å²) in [5, 5.41) is 25.9. The number of hydrogen-bond donors (Lipinski definition) is 5. The van der Waals surface area contributed by atoms with Crippen molar-refractivity contribution in [2.45, 2.75) is 62.6 Å². The third kappa shape index (κ3) is 8.24. The summed E-state index contributed by atoms with van der Waals surface area (Å²) in [6.45, 7) is 4.87. The van der Waals surface area contributed by atoms with Gasteiger partial charge in [-0.3, -0.25) is 9.78 Å². The molecule has 0 radical (unpaired) electrons. The maximum Gasteiger partial charge on any atom is 0.434 e. The summed E-state index contributed by atoms with van der Waals surface area (Å²) in [5.41, 5.74) is 3.91. The first-order valence-electron chi connectivity index (χ1n) is 12.0. The average Bonchev–Trinajstić information content (AvgIpc) is 2.85. The van der Waals surface area contributed by atoms with Crippen LogP contribution in [0.1, 0.15) is 37.8 Å². The molecular formula is C22H35F3N6O4. The van der Waals surface area contributed by atoms with Crippen LogP contribution >= 0.6 is 0 Å². The van der Waals surface area contributed by atoms with Gasteiger partial charge in [0.1, 0.15) is 18.0 Å². The van der Waals surface area contributed by atoms with E-state index < -0.39 is 30.2 Å². The van der Waals surface area contributed by atoms with Gasteiger partial charge in [-0.05, 0) is 58.3 Å². The van der Waals surface area contributed by atoms with Crippen LogP contribution < -0.4 is 16.4 Å². The number of rotatable bonds is 4. The molecular weight excluding hydrogens is 469 g/mol. The molecule has 13 heteroatoms. The Morgan fingerprint density at radius 1 is 1.17 bits per heavy atom. The van der Waals surface area contributed by atoms with E-state index in [9.17, 15) is 28.2 Å². The van der Waals surface area contributed by atoms with Gasteiger partial charge in [0.05, 0.1) is 18.5 Å². The molecule has 3 atom stereocenters. The molecule has 0 spiro atoms. The molecule has 3 aliphatic rings. The van der Waals surface area contributed by atoms with E-state index in [0.29, 0.717) is 25.3 Å². The number of aliphatic hydroxyl groups excluding tert-OH is 2. The average molecular weight is 505 g/mol. The molecule has 1 amide bonds. The second kappa shape index (κ2) is 12.8. The van der Waals surface area contributed by atoms with Crippen LogP contribution in [0.2, 0.25) is 0 Å². The van der Waals surface area contributed by atoms with Crippen LogP contribution in [0.25, 0.3) is 0 Å². The lowest BCUT2D eigenvalue weighted by Gasteiger charge is -2.39. The molecule has 4 heterocycles. The summed E-state index contributed by atoms with van der Waals surface area (Å²) in [6, 6.07) is 0.669. The van der Waals surface area contributed by atoms with Crippen LogP contribution in [0.3, 0.4) is 0 Å². The number of amides is 1. The Bertz CT molecular complexity index is 804. The highest BCUT2D eigenvalue weighted by atomic mass is 19.4. The van der Waals surface area contributed by atoms with Gasteiger partial charge in [0.25, 0.3) is 0 Å². The predicted molar refractivity (Wildman–Crippen MR) is 121 cm³/mol. The van der Waals surface area contributed by atoms with Crippen molar-refractivity contribution in [2.75, 3.05) is 45.1 Å². The number of piperidine rings is 2. The van der Waals surface area contributed by atoms with Crippen molar-refractivity contribution in [1.29, 1.82) is 0 Å². The molecule has 3 fully saturated rings. The van der Waals surface area contributed by atoms with Crippen LogP contribution in [-0.4, -0.2) is 94.7 Å². The number of nitrogens with zero attached hydrogens (tertiary/aromatic N) is 3. The number of likely N-dealkylation sites (tertiary alicyclic amines) is 1. The Kier molecular flexibility index (Phi) is 10.0. The Hall–Kier alpha value is -2.06. The Balaban J connectivity index is 0.000000261. The zero-order valence-electron chi connectivity index (χ0n) is 19.6. The van der Waals surface area contributed by atoms with Crippen LogP contribution in [0, 0.1) is 5.92 Å². The molecule has 1 aromatic heterocycles. The minimum absolute atomic E-state index is 0.0497. The standard InChI is InChI=1S/C17H31N3O4.C5H4F3N3/c21-14-5-10-24-15(16(14)22)11-19-17(23)12-3-8-20(9-4-12)13-1-6-18-7-2-13;6-5(7,8)3-1-10-2-4(9)11-3/h12-16,18,21-22H,1-11H2,(H,19,23);1-2H,(H2,9,11). The monoisotopic (exact) mass is 504 g/mol. The minimum atomic E-state index is -4.47. The van der Waals surface area contributed by atoms with E-state index in [-0.39, 0.29) is 24.2 Å². The highest BCUT2D eigenvalue weighted by molar-refractivity contribution is 5.78. The molecule has 3 unspecified atom stereocenters. The highest BCUT2D eigenvalue weighted by Gasteiger charge is 2.34. The van der Waals surface area contributed by atoms with Gasteiger partial charge >= 0.3 is 6.18 Å². The van der Waals surface area contributed by atoms with Crippen LogP contribution in [0.4, 0.5) is 19.0 Å². The maximum atomic E-state index is 12.4. The van der Waals surface area contributed by atoms with Crippen molar-refractivity contribution in [3.05, 3.63) is 18.1 Å². The lowest BCUT2D eigenvalue weighted by molar-refractivity contribution is -0.141. The van der Waals surface area contributed by atoms with Gasteiger partial charge in [-0.25, -0.2) is 4.98 Å². The SMILES string of the molecule is Nc1cncc(C(F)(F)F)n1.O=C(NCC1OCCC(O)C1O)C1CCN(C2CCNCC2)CC1. The molecule has 3 saturated heterocycles. The Morgan fingerprint density at radius 2 is 1.86 bits per heavy atom. The van der Waals surface area contributed by atoms with E-state index in [4.69, 9.17) is 10.5 Å². The Morgan fingerprint density at radius 3 is 2.46 bits per heavy atom. The molecule has 198 valence electrons. The van der Waals surface area contributed by atoms with Gasteiger partial charge < -0.3 is 36.2 Å². The zero-order valence-corrected chi connectivity index (χ0v) is 19.6. The molecule has 0 bridgehead atoms. The van der Waals surface area contributed by atoms with Crippen molar-refractivity contribution in [1.82, 2.24) is 25.5 Å². The van der Waals surface area contributed by atoms with Crippen molar-refractivity contribution in [3.8, 4) is 0 Å². The number of nitrogens with two attached hydrogens (primary N) is 1. The Labute approximate surface area is 202 Å². The summed E-state index contributed by atoms with van der Waals surface area (Å²) in [6.07, 6.45) is -0.331. The lowest BCUT2D eigenvalue weighted by Crippen LogP contribution is -2.52. The number of anilines is 1. The van der Waals surface area contributed by atoms with Crippen molar-refractivity contribution < 1.29 is 32.9 Å². The van der Waals surface area contributed by atoms with E-state index in [0.717, 1.165) is 45.2 Å². The summed E-state index contributed by atoms with van der Waals surface area (Å²) >= 11 is 0. The molecule has 0 aliphatic carbocycles. The second-order valence-electron chi connectivity index (χ2n) is 9.12. The van der Waals surface area contributed by atoms with E-state index in [1.165, 1.54) is 12.8 Å². The summed E-state index contributed by atoms with van der Waals surface area (Å²) in [7, 11) is 0. The summed E-state index contributed by atoms with van der Waals surface area (Å²) in [4.78, 5) is 21.2.